The molecule has 4 nitrogen and oxygen atoms in total. The molecule has 2 aromatic rings. The number of hydrogen-bond donors (Lipinski definition) is 0. The lowest BCUT2D eigenvalue weighted by atomic mass is 10.3. The molecule has 1 aromatic carbocycles. The van der Waals surface area contributed by atoms with Crippen LogP contribution in [0.3, 0.4) is 0 Å². The molecule has 2 heterocycles. The van der Waals surface area contributed by atoms with Gasteiger partial charge >= 0.3 is 0 Å². The normalized spacial score (nSPS) is 14.5. The maximum Gasteiger partial charge on any atom is 0.207 e. The largest absolute Gasteiger partial charge is 0.479 e. The summed E-state index contributed by atoms with van der Waals surface area (Å²) in [5.41, 5.74) is 0.772. The highest BCUT2D eigenvalue weighted by Crippen LogP contribution is 2.29. The number of fused-ring (bicyclic) bond motifs is 1. The smallest absolute Gasteiger partial charge is 0.207 e. The zero-order chi connectivity index (χ0) is 15.5. The van der Waals surface area contributed by atoms with Crippen molar-refractivity contribution in [2.45, 2.75) is 25.9 Å². The van der Waals surface area contributed by atoms with Crippen molar-refractivity contribution in [3.63, 3.8) is 0 Å². The molecule has 0 spiro atoms. The summed E-state index contributed by atoms with van der Waals surface area (Å²) >= 11 is 13.0. The van der Waals surface area contributed by atoms with Gasteiger partial charge in [-0.05, 0) is 37.2 Å². The Morgan fingerprint density at radius 2 is 2.14 bits per heavy atom. The summed E-state index contributed by atoms with van der Waals surface area (Å²) in [5.74, 6) is 2.97. The fourth-order valence-corrected chi connectivity index (χ4v) is 3.80. The van der Waals surface area contributed by atoms with E-state index in [4.69, 9.17) is 35.0 Å². The van der Waals surface area contributed by atoms with Crippen molar-refractivity contribution >= 4 is 40.8 Å². The lowest BCUT2D eigenvalue weighted by molar-refractivity contribution is 0.350. The molecule has 0 amide bonds. The Morgan fingerprint density at radius 3 is 2.91 bits per heavy atom. The molecular weight excluding hydrogens is 338 g/mol. The molecule has 7 heteroatoms. The van der Waals surface area contributed by atoms with Gasteiger partial charge in [-0.2, -0.15) is 0 Å². The van der Waals surface area contributed by atoms with E-state index in [1.165, 1.54) is 11.3 Å². The molecule has 1 aliphatic heterocycles. The van der Waals surface area contributed by atoms with Gasteiger partial charge in [0.25, 0.3) is 0 Å². The number of benzene rings is 1. The molecule has 0 N–H and O–H groups in total. The molecule has 1 aromatic heterocycles. The monoisotopic (exact) mass is 351 g/mol. The van der Waals surface area contributed by atoms with E-state index >= 15 is 0 Å². The molecule has 0 unspecified atom stereocenters. The van der Waals surface area contributed by atoms with Gasteiger partial charge in [0, 0.05) is 19.2 Å². The SMILES string of the molecule is C#CCOc1cc(N=c2sc(=S)n3n2CCCC3)ccc1Cl. The Labute approximate surface area is 142 Å². The van der Waals surface area contributed by atoms with E-state index in [-0.39, 0.29) is 6.61 Å². The van der Waals surface area contributed by atoms with Gasteiger partial charge in [0.05, 0.1) is 10.7 Å². The zero-order valence-electron chi connectivity index (χ0n) is 11.8. The Kier molecular flexibility index (Phi) is 4.67. The van der Waals surface area contributed by atoms with Crippen LogP contribution < -0.4 is 9.54 Å². The molecule has 1 aliphatic rings. The molecule has 0 saturated carbocycles. The number of halogens is 1. The third-order valence-electron chi connectivity index (χ3n) is 3.34. The van der Waals surface area contributed by atoms with Gasteiger partial charge in [0.2, 0.25) is 4.80 Å². The minimum Gasteiger partial charge on any atom is -0.479 e. The van der Waals surface area contributed by atoms with Crippen LogP contribution in [0.15, 0.2) is 23.2 Å². The highest BCUT2D eigenvalue weighted by molar-refractivity contribution is 7.73. The quantitative estimate of drug-likeness (QED) is 0.622. The lowest BCUT2D eigenvalue weighted by Gasteiger charge is -2.16. The highest BCUT2D eigenvalue weighted by Gasteiger charge is 2.11. The molecule has 0 saturated heterocycles. The lowest BCUT2D eigenvalue weighted by Crippen LogP contribution is -2.27. The van der Waals surface area contributed by atoms with Crippen molar-refractivity contribution in [2.24, 2.45) is 4.99 Å². The summed E-state index contributed by atoms with van der Waals surface area (Å²) in [6, 6.07) is 5.41. The van der Waals surface area contributed by atoms with Crippen LogP contribution in [0.5, 0.6) is 5.75 Å². The summed E-state index contributed by atoms with van der Waals surface area (Å²) in [6.45, 7) is 2.08. The number of nitrogens with zero attached hydrogens (tertiary/aromatic N) is 3. The van der Waals surface area contributed by atoms with Crippen LogP contribution in [0.2, 0.25) is 5.02 Å². The van der Waals surface area contributed by atoms with E-state index in [0.29, 0.717) is 10.8 Å². The molecule has 114 valence electrons. The van der Waals surface area contributed by atoms with Crippen molar-refractivity contribution in [3.05, 3.63) is 32.0 Å². The maximum atomic E-state index is 6.10. The van der Waals surface area contributed by atoms with Crippen LogP contribution in [0, 0.1) is 16.3 Å². The fraction of sp³-hybridized carbons (Fsp3) is 0.333. The fourth-order valence-electron chi connectivity index (χ4n) is 2.32. The van der Waals surface area contributed by atoms with Crippen molar-refractivity contribution < 1.29 is 4.74 Å². The summed E-state index contributed by atoms with van der Waals surface area (Å²) in [5, 5.41) is 0.522. The first kappa shape index (κ1) is 15.3. The van der Waals surface area contributed by atoms with E-state index in [0.717, 1.165) is 40.4 Å². The Morgan fingerprint density at radius 1 is 1.36 bits per heavy atom. The molecular formula is C15H14ClN3OS2. The molecule has 0 aliphatic carbocycles. The molecule has 0 bridgehead atoms. The number of rotatable bonds is 3. The van der Waals surface area contributed by atoms with Crippen molar-refractivity contribution in [3.8, 4) is 18.1 Å². The summed E-state index contributed by atoms with van der Waals surface area (Å²) < 4.78 is 10.5. The minimum absolute atomic E-state index is 0.179. The Bertz CT molecular complexity index is 857. The van der Waals surface area contributed by atoms with Crippen molar-refractivity contribution in [2.75, 3.05) is 6.61 Å². The molecule has 0 atom stereocenters. The van der Waals surface area contributed by atoms with E-state index in [1.54, 1.807) is 12.1 Å². The summed E-state index contributed by atoms with van der Waals surface area (Å²) in [7, 11) is 0. The number of aromatic nitrogens is 2. The van der Waals surface area contributed by atoms with E-state index in [2.05, 4.69) is 20.3 Å². The van der Waals surface area contributed by atoms with Crippen LogP contribution in [0.1, 0.15) is 12.8 Å². The second-order valence-corrected chi connectivity index (χ2v) is 6.83. The van der Waals surface area contributed by atoms with Crippen molar-refractivity contribution in [1.29, 1.82) is 0 Å². The van der Waals surface area contributed by atoms with Crippen LogP contribution in [0.25, 0.3) is 0 Å². The van der Waals surface area contributed by atoms with Gasteiger partial charge in [-0.3, -0.25) is 9.36 Å². The topological polar surface area (TPSA) is 31.4 Å². The second-order valence-electron chi connectivity index (χ2n) is 4.82. The number of ether oxygens (including phenoxy) is 1. The summed E-state index contributed by atoms with van der Waals surface area (Å²) in [4.78, 5) is 5.59. The molecule has 22 heavy (non-hydrogen) atoms. The number of hydrogen-bond acceptors (Lipinski definition) is 4. The van der Waals surface area contributed by atoms with Gasteiger partial charge in [-0.1, -0.05) is 28.9 Å². The first-order valence-electron chi connectivity index (χ1n) is 6.90. The third-order valence-corrected chi connectivity index (χ3v) is 4.98. The standard InChI is InChI=1S/C15H14ClN3OS2/c1-2-9-20-13-10-11(5-6-12(13)16)17-14-18-7-3-4-8-19(18)15(21)22-14/h1,5-6,10H,3-4,7-9H2. The third kappa shape index (κ3) is 3.12. The Hall–Kier alpha value is -1.55. The molecule has 0 radical (unpaired) electrons. The van der Waals surface area contributed by atoms with E-state index in [1.807, 2.05) is 6.07 Å². The van der Waals surface area contributed by atoms with Gasteiger partial charge in [-0.15, -0.1) is 6.42 Å². The predicted molar refractivity (Wildman–Crippen MR) is 91.4 cm³/mol. The summed E-state index contributed by atoms with van der Waals surface area (Å²) in [6.07, 6.45) is 7.52. The first-order valence-corrected chi connectivity index (χ1v) is 8.50. The van der Waals surface area contributed by atoms with Gasteiger partial charge in [-0.25, -0.2) is 4.99 Å². The predicted octanol–water partition coefficient (Wildman–Crippen LogP) is 3.77. The Balaban J connectivity index is 2.02. The minimum atomic E-state index is 0.179. The average Bonchev–Trinajstić information content (AvgIpc) is 2.84. The van der Waals surface area contributed by atoms with Crippen molar-refractivity contribution in [1.82, 2.24) is 9.36 Å². The highest BCUT2D eigenvalue weighted by atomic mass is 35.5. The second kappa shape index (κ2) is 6.69. The maximum absolute atomic E-state index is 6.10. The molecule has 3 rings (SSSR count). The van der Waals surface area contributed by atoms with Gasteiger partial charge in [0.15, 0.2) is 3.95 Å². The van der Waals surface area contributed by atoms with Gasteiger partial charge in [0.1, 0.15) is 12.4 Å². The van der Waals surface area contributed by atoms with Crippen LogP contribution >= 0.6 is 35.2 Å². The first-order chi connectivity index (χ1) is 10.7. The number of terminal acetylenes is 1. The molecule has 0 fully saturated rings. The average molecular weight is 352 g/mol. The van der Waals surface area contributed by atoms with E-state index in [9.17, 15) is 0 Å². The van der Waals surface area contributed by atoms with Gasteiger partial charge < -0.3 is 4.74 Å². The van der Waals surface area contributed by atoms with Crippen LogP contribution in [0.4, 0.5) is 5.69 Å². The van der Waals surface area contributed by atoms with Crippen LogP contribution in [-0.2, 0) is 13.1 Å². The van der Waals surface area contributed by atoms with E-state index < -0.39 is 0 Å². The zero-order valence-corrected chi connectivity index (χ0v) is 14.2. The van der Waals surface area contributed by atoms with Crippen LogP contribution in [-0.4, -0.2) is 16.0 Å².